The summed E-state index contributed by atoms with van der Waals surface area (Å²) in [5.74, 6) is 0.770. The lowest BCUT2D eigenvalue weighted by Crippen LogP contribution is -2.12. The highest BCUT2D eigenvalue weighted by Gasteiger charge is 2.13. The first kappa shape index (κ1) is 20.3. The third-order valence-electron chi connectivity index (χ3n) is 4.88. The molecule has 2 aliphatic carbocycles. The number of nitrogens with two attached hydrogens (primary N) is 1. The molecule has 0 bridgehead atoms. The Morgan fingerprint density at radius 2 is 1.40 bits per heavy atom. The van der Waals surface area contributed by atoms with Crippen LogP contribution in [0.4, 0.5) is 0 Å². The molecule has 0 atom stereocenters. The third-order valence-corrected chi connectivity index (χ3v) is 6.06. The van der Waals surface area contributed by atoms with Gasteiger partial charge in [-0.05, 0) is 66.1 Å². The fourth-order valence-corrected chi connectivity index (χ4v) is 3.70. The first-order valence-corrected chi connectivity index (χ1v) is 11.4. The van der Waals surface area contributed by atoms with Crippen LogP contribution >= 0.6 is 11.6 Å². The van der Waals surface area contributed by atoms with Gasteiger partial charge in [0.1, 0.15) is 5.82 Å². The monoisotopic (exact) mass is 437 g/mol. The lowest BCUT2D eigenvalue weighted by molar-refractivity contribution is 0.598. The molecule has 0 spiro atoms. The Morgan fingerprint density at radius 3 is 1.83 bits per heavy atom. The van der Waals surface area contributed by atoms with E-state index in [-0.39, 0.29) is 4.90 Å². The van der Waals surface area contributed by atoms with Gasteiger partial charge in [-0.15, -0.1) is 0 Å². The van der Waals surface area contributed by atoms with Gasteiger partial charge in [0.25, 0.3) is 0 Å². The molecule has 0 fully saturated rings. The summed E-state index contributed by atoms with van der Waals surface area (Å²) in [6, 6.07) is 22.3. The predicted octanol–water partition coefficient (Wildman–Crippen LogP) is 5.07. The number of fused-ring (bicyclic) bond motifs is 1. The van der Waals surface area contributed by atoms with Crippen molar-refractivity contribution in [2.24, 2.45) is 5.14 Å². The van der Waals surface area contributed by atoms with Crippen molar-refractivity contribution >= 4 is 21.6 Å². The fraction of sp³-hybridized carbons (Fsp3) is 0.0870. The lowest BCUT2D eigenvalue weighted by atomic mass is 9.95. The van der Waals surface area contributed by atoms with E-state index in [2.05, 4.69) is 29.2 Å². The summed E-state index contributed by atoms with van der Waals surface area (Å²) in [4.78, 5) is 4.73. The van der Waals surface area contributed by atoms with Gasteiger partial charge >= 0.3 is 0 Å². The molecule has 7 heteroatoms. The molecule has 5 rings (SSSR count). The molecule has 30 heavy (non-hydrogen) atoms. The molecule has 2 aliphatic rings. The molecular weight excluding hydrogens is 418 g/mol. The maximum atomic E-state index is 11.4. The molecule has 152 valence electrons. The van der Waals surface area contributed by atoms with Crippen LogP contribution in [-0.4, -0.2) is 18.0 Å². The van der Waals surface area contributed by atoms with Crippen LogP contribution in [0.1, 0.15) is 12.6 Å². The zero-order valence-corrected chi connectivity index (χ0v) is 17.9. The minimum Gasteiger partial charge on any atom is -0.300 e. The summed E-state index contributed by atoms with van der Waals surface area (Å²) < 4.78 is 24.7. The quantitative estimate of drug-likeness (QED) is 0.426. The van der Waals surface area contributed by atoms with Gasteiger partial charge in [-0.3, -0.25) is 4.57 Å². The number of nitrogens with zero attached hydrogens (tertiary/aromatic N) is 2. The van der Waals surface area contributed by atoms with Crippen molar-refractivity contribution in [2.45, 2.75) is 18.2 Å². The van der Waals surface area contributed by atoms with Gasteiger partial charge in [-0.2, -0.15) is 0 Å². The average Bonchev–Trinajstić information content (AvgIpc) is 3.16. The van der Waals surface area contributed by atoms with Gasteiger partial charge in [0, 0.05) is 22.5 Å². The Kier molecular flexibility index (Phi) is 5.47. The minimum absolute atomic E-state index is 0.0788. The van der Waals surface area contributed by atoms with E-state index in [1.54, 1.807) is 12.1 Å². The summed E-state index contributed by atoms with van der Waals surface area (Å²) >= 11 is 5.95. The van der Waals surface area contributed by atoms with Gasteiger partial charge in [0.15, 0.2) is 0 Å². The highest BCUT2D eigenvalue weighted by atomic mass is 35.5. The van der Waals surface area contributed by atoms with Gasteiger partial charge < -0.3 is 0 Å². The second kappa shape index (κ2) is 8.07. The number of sulfonamides is 1. The molecular formula is C23H20ClN3O2S. The van der Waals surface area contributed by atoms with E-state index in [4.69, 9.17) is 16.7 Å². The zero-order chi connectivity index (χ0) is 21.3. The summed E-state index contributed by atoms with van der Waals surface area (Å²) in [6.45, 7) is 2.03. The van der Waals surface area contributed by atoms with E-state index in [1.807, 2.05) is 42.0 Å². The van der Waals surface area contributed by atoms with Crippen molar-refractivity contribution in [3.63, 3.8) is 0 Å². The van der Waals surface area contributed by atoms with E-state index >= 15 is 0 Å². The first-order valence-electron chi connectivity index (χ1n) is 9.43. The Bertz CT molecular complexity index is 1260. The highest BCUT2D eigenvalue weighted by molar-refractivity contribution is 7.89. The summed E-state index contributed by atoms with van der Waals surface area (Å²) in [7, 11) is -3.71. The second-order valence-electron chi connectivity index (χ2n) is 6.90. The second-order valence-corrected chi connectivity index (χ2v) is 8.90. The van der Waals surface area contributed by atoms with Crippen LogP contribution in [0, 0.1) is 0 Å². The standard InChI is InChI=1S/C17H16ClN3O2S.C6H4/c1-2-14-11-21(15-7-9-16(10-8-15)24(19,22)23)17(20-14)12-3-5-13(18)6-4-12;1-2-6-4-3-5(1)6/h3-11H,2H2,1H3,(H2,19,22,23);1-4H. The SMILES string of the molecule is CCc1cn(-c2ccc(S(N)(=O)=O)cc2)c(-c2ccc(Cl)cc2)n1.c1cc2ccc1-2. The zero-order valence-electron chi connectivity index (χ0n) is 16.3. The molecule has 3 aromatic rings. The Morgan fingerprint density at radius 1 is 0.867 bits per heavy atom. The largest absolute Gasteiger partial charge is 0.300 e. The molecule has 0 saturated heterocycles. The maximum Gasteiger partial charge on any atom is 0.238 e. The summed E-state index contributed by atoms with van der Waals surface area (Å²) in [6.07, 6.45) is 2.73. The van der Waals surface area contributed by atoms with Gasteiger partial charge in [-0.25, -0.2) is 18.5 Å². The molecule has 1 heterocycles. The molecule has 0 radical (unpaired) electrons. The molecule has 2 N–H and O–H groups in total. The lowest BCUT2D eigenvalue weighted by Gasteiger charge is -2.10. The minimum atomic E-state index is -3.71. The van der Waals surface area contributed by atoms with Crippen LogP contribution < -0.4 is 5.14 Å². The number of aromatic nitrogens is 2. The molecule has 0 amide bonds. The summed E-state index contributed by atoms with van der Waals surface area (Å²) in [5.41, 5.74) is 5.52. The third kappa shape index (κ3) is 4.16. The molecule has 0 aliphatic heterocycles. The molecule has 2 aromatic carbocycles. The number of aryl methyl sites for hydroxylation is 1. The van der Waals surface area contributed by atoms with Crippen molar-refractivity contribution < 1.29 is 8.42 Å². The normalized spacial score (nSPS) is 11.6. The highest BCUT2D eigenvalue weighted by Crippen LogP contribution is 2.29. The van der Waals surface area contributed by atoms with Crippen molar-refractivity contribution in [3.05, 3.63) is 89.7 Å². The van der Waals surface area contributed by atoms with Crippen LogP contribution in [0.25, 0.3) is 28.2 Å². The first-order chi connectivity index (χ1) is 14.3. The number of halogens is 1. The topological polar surface area (TPSA) is 78.0 Å². The number of benzene rings is 3. The smallest absolute Gasteiger partial charge is 0.238 e. The van der Waals surface area contributed by atoms with Crippen LogP contribution in [0.5, 0.6) is 0 Å². The van der Waals surface area contributed by atoms with Crippen molar-refractivity contribution in [2.75, 3.05) is 0 Å². The van der Waals surface area contributed by atoms with E-state index in [1.165, 1.54) is 23.3 Å². The number of primary sulfonamides is 1. The van der Waals surface area contributed by atoms with Gasteiger partial charge in [0.2, 0.25) is 10.0 Å². The Hall–Kier alpha value is -2.93. The molecule has 5 nitrogen and oxygen atoms in total. The van der Waals surface area contributed by atoms with E-state index in [0.717, 1.165) is 29.2 Å². The number of imidazole rings is 1. The van der Waals surface area contributed by atoms with Crippen LogP contribution in [0.3, 0.4) is 0 Å². The van der Waals surface area contributed by atoms with Gasteiger partial charge in [0.05, 0.1) is 10.6 Å². The van der Waals surface area contributed by atoms with Crippen LogP contribution in [0.2, 0.25) is 5.02 Å². The van der Waals surface area contributed by atoms with Crippen molar-refractivity contribution in [3.8, 4) is 28.2 Å². The Balaban J connectivity index is 0.000000305. The van der Waals surface area contributed by atoms with Gasteiger partial charge in [-0.1, -0.05) is 42.8 Å². The van der Waals surface area contributed by atoms with E-state index < -0.39 is 10.0 Å². The van der Waals surface area contributed by atoms with E-state index in [0.29, 0.717) is 5.02 Å². The van der Waals surface area contributed by atoms with Crippen molar-refractivity contribution in [1.29, 1.82) is 0 Å². The van der Waals surface area contributed by atoms with Crippen LogP contribution in [-0.2, 0) is 16.4 Å². The summed E-state index contributed by atoms with van der Waals surface area (Å²) in [5, 5.41) is 5.80. The fourth-order valence-electron chi connectivity index (χ4n) is 3.06. The molecule has 1 aromatic heterocycles. The van der Waals surface area contributed by atoms with E-state index in [9.17, 15) is 8.42 Å². The van der Waals surface area contributed by atoms with Crippen molar-refractivity contribution in [1.82, 2.24) is 9.55 Å². The number of hydrogen-bond acceptors (Lipinski definition) is 3. The van der Waals surface area contributed by atoms with Crippen LogP contribution in [0.15, 0.2) is 83.9 Å². The number of rotatable bonds is 4. The maximum absolute atomic E-state index is 11.4. The molecule has 0 saturated carbocycles. The Labute approximate surface area is 180 Å². The average molecular weight is 438 g/mol. The number of hydrogen-bond donors (Lipinski definition) is 1. The predicted molar refractivity (Wildman–Crippen MR) is 120 cm³/mol. The molecule has 0 unspecified atom stereocenters.